The van der Waals surface area contributed by atoms with E-state index in [1.807, 2.05) is 43.4 Å². The molecule has 0 saturated carbocycles. The summed E-state index contributed by atoms with van der Waals surface area (Å²) in [5, 5.41) is 5.22. The molecule has 0 spiro atoms. The van der Waals surface area contributed by atoms with E-state index in [2.05, 4.69) is 15.1 Å². The van der Waals surface area contributed by atoms with Crippen molar-refractivity contribution in [2.45, 2.75) is 13.3 Å². The first-order valence-electron chi connectivity index (χ1n) is 7.37. The van der Waals surface area contributed by atoms with Crippen LogP contribution >= 0.6 is 0 Å². The second kappa shape index (κ2) is 6.58. The van der Waals surface area contributed by atoms with E-state index in [0.29, 0.717) is 24.2 Å². The minimum atomic E-state index is -0.108. The Labute approximate surface area is 133 Å². The summed E-state index contributed by atoms with van der Waals surface area (Å²) in [5.41, 5.74) is 2.84. The van der Waals surface area contributed by atoms with Gasteiger partial charge in [0.05, 0.1) is 12.3 Å². The summed E-state index contributed by atoms with van der Waals surface area (Å²) in [5.74, 6) is 0. The highest BCUT2D eigenvalue weighted by Gasteiger charge is 2.07. The number of methoxy groups -OCH3 is 1. The molecule has 6 nitrogen and oxygen atoms in total. The molecule has 0 aliphatic heterocycles. The van der Waals surface area contributed by atoms with Gasteiger partial charge in [-0.2, -0.15) is 9.61 Å². The minimum absolute atomic E-state index is 0.108. The van der Waals surface area contributed by atoms with Crippen LogP contribution in [0.2, 0.25) is 0 Å². The maximum atomic E-state index is 12.3. The van der Waals surface area contributed by atoms with Gasteiger partial charge in [-0.25, -0.2) is 4.98 Å². The predicted octanol–water partition coefficient (Wildman–Crippen LogP) is 2.18. The van der Waals surface area contributed by atoms with Crippen molar-refractivity contribution < 1.29 is 4.74 Å². The number of fused-ring (bicyclic) bond motifs is 3. The lowest BCUT2D eigenvalue weighted by molar-refractivity contribution is 0.234. The maximum absolute atomic E-state index is 12.3. The molecule has 118 valence electrons. The number of allylic oxidation sites excluding steroid dienone is 3. The van der Waals surface area contributed by atoms with Crippen molar-refractivity contribution in [2.75, 3.05) is 13.7 Å². The molecular weight excluding hydrogens is 292 g/mol. The topological polar surface area (TPSA) is 72.3 Å². The SMILES string of the molecule is COC/C=C\C=C/Cc1cc2cnc3cc(C)nn3c2[nH]c1=O. The molecule has 0 bridgehead atoms. The van der Waals surface area contributed by atoms with Gasteiger partial charge in [0.2, 0.25) is 0 Å². The Bertz CT molecular complexity index is 950. The van der Waals surface area contributed by atoms with Crippen LogP contribution in [0, 0.1) is 6.92 Å². The van der Waals surface area contributed by atoms with Crippen LogP contribution in [0.5, 0.6) is 0 Å². The van der Waals surface area contributed by atoms with Crippen LogP contribution in [0.3, 0.4) is 0 Å². The Balaban J connectivity index is 1.92. The third-order valence-electron chi connectivity index (χ3n) is 3.47. The average molecular weight is 310 g/mol. The van der Waals surface area contributed by atoms with Gasteiger partial charge in [-0.05, 0) is 19.4 Å². The molecule has 3 heterocycles. The largest absolute Gasteiger partial charge is 0.381 e. The lowest BCUT2D eigenvalue weighted by Gasteiger charge is -2.03. The third kappa shape index (κ3) is 3.22. The first kappa shape index (κ1) is 15.2. The molecule has 0 fully saturated rings. The van der Waals surface area contributed by atoms with Gasteiger partial charge in [0, 0.05) is 30.3 Å². The van der Waals surface area contributed by atoms with Crippen LogP contribution in [0.15, 0.2) is 47.4 Å². The summed E-state index contributed by atoms with van der Waals surface area (Å²) in [4.78, 5) is 19.5. The molecule has 0 aliphatic carbocycles. The fourth-order valence-corrected chi connectivity index (χ4v) is 2.39. The van der Waals surface area contributed by atoms with Crippen molar-refractivity contribution in [2.24, 2.45) is 0 Å². The zero-order valence-electron chi connectivity index (χ0n) is 13.1. The van der Waals surface area contributed by atoms with E-state index in [9.17, 15) is 4.79 Å². The van der Waals surface area contributed by atoms with Gasteiger partial charge in [-0.15, -0.1) is 0 Å². The van der Waals surface area contributed by atoms with Crippen LogP contribution in [-0.2, 0) is 11.2 Å². The van der Waals surface area contributed by atoms with Gasteiger partial charge < -0.3 is 9.72 Å². The highest BCUT2D eigenvalue weighted by Crippen LogP contribution is 2.13. The number of pyridine rings is 1. The Hall–Kier alpha value is -2.73. The molecule has 0 aromatic carbocycles. The molecule has 3 rings (SSSR count). The van der Waals surface area contributed by atoms with E-state index in [1.165, 1.54) is 0 Å². The normalized spacial score (nSPS) is 12.3. The number of aromatic amines is 1. The van der Waals surface area contributed by atoms with E-state index in [0.717, 1.165) is 16.7 Å². The Morgan fingerprint density at radius 3 is 2.96 bits per heavy atom. The first-order chi connectivity index (χ1) is 11.2. The van der Waals surface area contributed by atoms with E-state index >= 15 is 0 Å². The number of hydrogen-bond donors (Lipinski definition) is 1. The Kier molecular flexibility index (Phi) is 4.34. The lowest BCUT2D eigenvalue weighted by atomic mass is 10.1. The van der Waals surface area contributed by atoms with Gasteiger partial charge >= 0.3 is 0 Å². The van der Waals surface area contributed by atoms with Gasteiger partial charge in [0.25, 0.3) is 5.56 Å². The summed E-state index contributed by atoms with van der Waals surface area (Å²) in [6.45, 7) is 2.47. The predicted molar refractivity (Wildman–Crippen MR) is 89.7 cm³/mol. The standard InChI is InChI=1S/C17H18N4O2/c1-12-9-15-18-11-14-10-13(7-5-3-4-6-8-23-2)17(22)19-16(14)21(15)20-12/h3-6,9-11H,7-8H2,1-2H3,(H,19,22)/b5-3-,6-4-. The zero-order chi connectivity index (χ0) is 16.2. The molecule has 0 aliphatic rings. The zero-order valence-corrected chi connectivity index (χ0v) is 13.1. The number of H-pyrrole nitrogens is 1. The Morgan fingerprint density at radius 2 is 2.13 bits per heavy atom. The number of aryl methyl sites for hydroxylation is 1. The number of ether oxygens (including phenoxy) is 1. The molecule has 0 saturated heterocycles. The van der Waals surface area contributed by atoms with Crippen molar-refractivity contribution >= 4 is 16.7 Å². The van der Waals surface area contributed by atoms with E-state index in [1.54, 1.807) is 17.8 Å². The van der Waals surface area contributed by atoms with Gasteiger partial charge in [0.15, 0.2) is 5.65 Å². The smallest absolute Gasteiger partial charge is 0.253 e. The van der Waals surface area contributed by atoms with Crippen LogP contribution in [0.1, 0.15) is 11.3 Å². The molecule has 6 heteroatoms. The van der Waals surface area contributed by atoms with Crippen molar-refractivity contribution in [1.82, 2.24) is 19.6 Å². The average Bonchev–Trinajstić information content (AvgIpc) is 2.92. The maximum Gasteiger partial charge on any atom is 0.253 e. The number of rotatable bonds is 5. The fraction of sp³-hybridized carbons (Fsp3) is 0.235. The van der Waals surface area contributed by atoms with Gasteiger partial charge in [0.1, 0.15) is 5.65 Å². The minimum Gasteiger partial charge on any atom is -0.381 e. The molecule has 3 aromatic rings. The Morgan fingerprint density at radius 1 is 1.30 bits per heavy atom. The number of hydrogen-bond acceptors (Lipinski definition) is 4. The lowest BCUT2D eigenvalue weighted by Crippen LogP contribution is -2.13. The van der Waals surface area contributed by atoms with Gasteiger partial charge in [-0.1, -0.05) is 24.3 Å². The summed E-state index contributed by atoms with van der Waals surface area (Å²) in [6, 6.07) is 3.74. The summed E-state index contributed by atoms with van der Waals surface area (Å²) >= 11 is 0. The summed E-state index contributed by atoms with van der Waals surface area (Å²) < 4.78 is 6.59. The molecule has 0 radical (unpaired) electrons. The van der Waals surface area contributed by atoms with Crippen molar-refractivity contribution in [1.29, 1.82) is 0 Å². The van der Waals surface area contributed by atoms with Crippen LogP contribution in [0.25, 0.3) is 16.7 Å². The molecular formula is C17H18N4O2. The fourth-order valence-electron chi connectivity index (χ4n) is 2.39. The molecule has 3 aromatic heterocycles. The first-order valence-corrected chi connectivity index (χ1v) is 7.37. The highest BCUT2D eigenvalue weighted by molar-refractivity contribution is 5.77. The second-order valence-corrected chi connectivity index (χ2v) is 5.26. The van der Waals surface area contributed by atoms with Crippen LogP contribution in [0.4, 0.5) is 0 Å². The molecule has 0 unspecified atom stereocenters. The molecule has 23 heavy (non-hydrogen) atoms. The molecule has 0 atom stereocenters. The van der Waals surface area contributed by atoms with Crippen LogP contribution in [-0.4, -0.2) is 33.3 Å². The monoisotopic (exact) mass is 310 g/mol. The van der Waals surface area contributed by atoms with Crippen LogP contribution < -0.4 is 5.56 Å². The van der Waals surface area contributed by atoms with E-state index < -0.39 is 0 Å². The van der Waals surface area contributed by atoms with Gasteiger partial charge in [-0.3, -0.25) is 4.79 Å². The third-order valence-corrected chi connectivity index (χ3v) is 3.47. The van der Waals surface area contributed by atoms with E-state index in [-0.39, 0.29) is 5.56 Å². The number of aromatic nitrogens is 4. The highest BCUT2D eigenvalue weighted by atomic mass is 16.5. The number of nitrogens with one attached hydrogen (secondary N) is 1. The second-order valence-electron chi connectivity index (χ2n) is 5.26. The van der Waals surface area contributed by atoms with Crippen molar-refractivity contribution in [3.05, 3.63) is 64.2 Å². The number of nitrogens with zero attached hydrogens (tertiary/aromatic N) is 3. The van der Waals surface area contributed by atoms with Crippen molar-refractivity contribution in [3.8, 4) is 0 Å². The summed E-state index contributed by atoms with van der Waals surface area (Å²) in [7, 11) is 1.65. The molecule has 1 N–H and O–H groups in total. The van der Waals surface area contributed by atoms with E-state index in [4.69, 9.17) is 4.74 Å². The quantitative estimate of drug-likeness (QED) is 0.733. The molecule has 0 amide bonds. The summed E-state index contributed by atoms with van der Waals surface area (Å²) in [6.07, 6.45) is 9.96. The van der Waals surface area contributed by atoms with Crippen molar-refractivity contribution in [3.63, 3.8) is 0 Å².